The van der Waals surface area contributed by atoms with Gasteiger partial charge in [0.25, 0.3) is 0 Å². The first-order chi connectivity index (χ1) is 5.35. The molecule has 67 valence electrons. The van der Waals surface area contributed by atoms with Gasteiger partial charge in [0.05, 0.1) is 0 Å². The molecule has 11 heavy (non-hydrogen) atoms. The molecule has 2 nitrogen and oxygen atoms in total. The SMILES string of the molecule is [CH2]CN(CC)CCCCOC. The molecule has 0 amide bonds. The van der Waals surface area contributed by atoms with Crippen LogP contribution in [0.1, 0.15) is 19.8 Å². The highest BCUT2D eigenvalue weighted by molar-refractivity contribution is 4.55. The van der Waals surface area contributed by atoms with Crippen LogP contribution in [-0.4, -0.2) is 38.3 Å². The summed E-state index contributed by atoms with van der Waals surface area (Å²) in [5.41, 5.74) is 0. The molecular weight excluding hydrogens is 138 g/mol. The summed E-state index contributed by atoms with van der Waals surface area (Å²) in [6.07, 6.45) is 2.38. The average molecular weight is 158 g/mol. The summed E-state index contributed by atoms with van der Waals surface area (Å²) in [7, 11) is 1.75. The Bertz CT molecular complexity index is 72.0. The molecule has 0 aliphatic rings. The molecule has 0 unspecified atom stereocenters. The zero-order valence-electron chi connectivity index (χ0n) is 7.81. The monoisotopic (exact) mass is 158 g/mol. The summed E-state index contributed by atoms with van der Waals surface area (Å²) in [4.78, 5) is 2.33. The molecule has 0 aromatic carbocycles. The van der Waals surface area contributed by atoms with Crippen LogP contribution in [0.5, 0.6) is 0 Å². The third kappa shape index (κ3) is 6.32. The molecule has 0 saturated heterocycles. The number of methoxy groups -OCH3 is 1. The molecular formula is C9H20NO. The van der Waals surface area contributed by atoms with Gasteiger partial charge >= 0.3 is 0 Å². The van der Waals surface area contributed by atoms with Crippen molar-refractivity contribution in [2.75, 3.05) is 33.4 Å². The Hall–Kier alpha value is -0.0800. The quantitative estimate of drug-likeness (QED) is 0.521. The Morgan fingerprint density at radius 1 is 1.36 bits per heavy atom. The van der Waals surface area contributed by atoms with Crippen molar-refractivity contribution >= 4 is 0 Å². The van der Waals surface area contributed by atoms with Gasteiger partial charge in [0.1, 0.15) is 0 Å². The van der Waals surface area contributed by atoms with E-state index in [-0.39, 0.29) is 0 Å². The molecule has 0 atom stereocenters. The van der Waals surface area contributed by atoms with Crippen molar-refractivity contribution in [2.24, 2.45) is 0 Å². The standard InChI is InChI=1S/C9H20NO/c1-4-10(5-2)8-6-7-9-11-3/h1,4-9H2,2-3H3. The van der Waals surface area contributed by atoms with E-state index in [1.165, 1.54) is 6.42 Å². The second kappa shape index (κ2) is 8.02. The van der Waals surface area contributed by atoms with Crippen LogP contribution in [0.4, 0.5) is 0 Å². The minimum atomic E-state index is 0.884. The van der Waals surface area contributed by atoms with Crippen LogP contribution < -0.4 is 0 Å². The Morgan fingerprint density at radius 2 is 2.09 bits per heavy atom. The van der Waals surface area contributed by atoms with Crippen LogP contribution in [0.25, 0.3) is 0 Å². The lowest BCUT2D eigenvalue weighted by molar-refractivity contribution is 0.186. The van der Waals surface area contributed by atoms with Crippen molar-refractivity contribution in [1.29, 1.82) is 0 Å². The van der Waals surface area contributed by atoms with Gasteiger partial charge in [-0.2, -0.15) is 0 Å². The van der Waals surface area contributed by atoms with Crippen molar-refractivity contribution in [3.63, 3.8) is 0 Å². The van der Waals surface area contributed by atoms with Crippen molar-refractivity contribution < 1.29 is 4.74 Å². The Kier molecular flexibility index (Phi) is 7.96. The first-order valence-electron chi connectivity index (χ1n) is 4.35. The van der Waals surface area contributed by atoms with Gasteiger partial charge in [-0.05, 0) is 39.4 Å². The molecule has 0 rings (SSSR count). The van der Waals surface area contributed by atoms with Crippen molar-refractivity contribution in [2.45, 2.75) is 19.8 Å². The van der Waals surface area contributed by atoms with Crippen LogP contribution >= 0.6 is 0 Å². The van der Waals surface area contributed by atoms with Gasteiger partial charge in [-0.25, -0.2) is 0 Å². The van der Waals surface area contributed by atoms with E-state index >= 15 is 0 Å². The number of rotatable bonds is 7. The van der Waals surface area contributed by atoms with Gasteiger partial charge in [0.15, 0.2) is 0 Å². The maximum Gasteiger partial charge on any atom is 0.0462 e. The van der Waals surface area contributed by atoms with Gasteiger partial charge in [-0.15, -0.1) is 0 Å². The van der Waals surface area contributed by atoms with E-state index < -0.39 is 0 Å². The molecule has 2 heteroatoms. The van der Waals surface area contributed by atoms with Crippen LogP contribution in [0.2, 0.25) is 0 Å². The predicted octanol–water partition coefficient (Wildman–Crippen LogP) is 1.57. The second-order valence-electron chi connectivity index (χ2n) is 2.63. The average Bonchev–Trinajstić information content (AvgIpc) is 2.05. The maximum absolute atomic E-state index is 4.96. The summed E-state index contributed by atoms with van der Waals surface area (Å²) >= 11 is 0. The Balaban J connectivity index is 3.07. The molecule has 0 aliphatic heterocycles. The normalized spacial score (nSPS) is 10.9. The Morgan fingerprint density at radius 3 is 2.55 bits per heavy atom. The first-order valence-corrected chi connectivity index (χ1v) is 4.35. The van der Waals surface area contributed by atoms with Gasteiger partial charge in [-0.1, -0.05) is 6.92 Å². The molecule has 0 N–H and O–H groups in total. The summed E-state index contributed by atoms with van der Waals surface area (Å²) in [5.74, 6) is 0. The molecule has 0 heterocycles. The number of hydrogen-bond donors (Lipinski definition) is 0. The number of nitrogens with zero attached hydrogens (tertiary/aromatic N) is 1. The van der Waals surface area contributed by atoms with Crippen LogP contribution in [0.15, 0.2) is 0 Å². The number of unbranched alkanes of at least 4 members (excludes halogenated alkanes) is 1. The molecule has 0 spiro atoms. The van der Waals surface area contributed by atoms with Gasteiger partial charge < -0.3 is 9.64 Å². The first kappa shape index (κ1) is 10.9. The largest absolute Gasteiger partial charge is 0.385 e. The van der Waals surface area contributed by atoms with E-state index in [0.717, 1.165) is 32.7 Å². The fraction of sp³-hybridized carbons (Fsp3) is 0.889. The topological polar surface area (TPSA) is 12.5 Å². The van der Waals surface area contributed by atoms with Crippen molar-refractivity contribution in [3.05, 3.63) is 6.92 Å². The molecule has 0 bridgehead atoms. The summed E-state index contributed by atoms with van der Waals surface area (Å²) < 4.78 is 4.96. The lowest BCUT2D eigenvalue weighted by atomic mass is 10.3. The smallest absolute Gasteiger partial charge is 0.0462 e. The maximum atomic E-state index is 4.96. The molecule has 0 aromatic rings. The summed E-state index contributed by atoms with van der Waals surface area (Å²) in [6, 6.07) is 0. The van der Waals surface area contributed by atoms with Crippen LogP contribution in [0.3, 0.4) is 0 Å². The van der Waals surface area contributed by atoms with E-state index in [1.807, 2.05) is 0 Å². The van der Waals surface area contributed by atoms with E-state index in [1.54, 1.807) is 7.11 Å². The fourth-order valence-corrected chi connectivity index (χ4v) is 1.01. The van der Waals surface area contributed by atoms with Gasteiger partial charge in [-0.3, -0.25) is 0 Å². The summed E-state index contributed by atoms with van der Waals surface area (Å²) in [5, 5.41) is 0. The van der Waals surface area contributed by atoms with Crippen molar-refractivity contribution in [3.8, 4) is 0 Å². The Labute approximate surface area is 70.5 Å². The molecule has 0 aliphatic carbocycles. The molecule has 0 aromatic heterocycles. The highest BCUT2D eigenvalue weighted by atomic mass is 16.5. The van der Waals surface area contributed by atoms with Gasteiger partial charge in [0.2, 0.25) is 0 Å². The highest BCUT2D eigenvalue weighted by Crippen LogP contribution is 1.94. The second-order valence-corrected chi connectivity index (χ2v) is 2.63. The van der Waals surface area contributed by atoms with E-state index in [2.05, 4.69) is 18.7 Å². The van der Waals surface area contributed by atoms with Crippen LogP contribution in [0, 0.1) is 6.92 Å². The van der Waals surface area contributed by atoms with E-state index in [9.17, 15) is 0 Å². The minimum absolute atomic E-state index is 0.884. The van der Waals surface area contributed by atoms with E-state index in [0.29, 0.717) is 0 Å². The lowest BCUT2D eigenvalue weighted by Gasteiger charge is -2.17. The zero-order valence-corrected chi connectivity index (χ0v) is 7.81. The number of ether oxygens (including phenoxy) is 1. The number of hydrogen-bond acceptors (Lipinski definition) is 2. The third-order valence-corrected chi connectivity index (χ3v) is 1.84. The highest BCUT2D eigenvalue weighted by Gasteiger charge is 1.96. The predicted molar refractivity (Wildman–Crippen MR) is 48.6 cm³/mol. The van der Waals surface area contributed by atoms with Crippen molar-refractivity contribution in [1.82, 2.24) is 4.90 Å². The summed E-state index contributed by atoms with van der Waals surface area (Å²) in [6.45, 7) is 10.1. The molecule has 1 radical (unpaired) electrons. The zero-order chi connectivity index (χ0) is 8.53. The molecule has 0 fully saturated rings. The van der Waals surface area contributed by atoms with Crippen LogP contribution in [-0.2, 0) is 4.74 Å². The lowest BCUT2D eigenvalue weighted by Crippen LogP contribution is -2.24. The minimum Gasteiger partial charge on any atom is -0.385 e. The fourth-order valence-electron chi connectivity index (χ4n) is 1.01. The van der Waals surface area contributed by atoms with E-state index in [4.69, 9.17) is 4.74 Å². The van der Waals surface area contributed by atoms with Gasteiger partial charge in [0, 0.05) is 13.7 Å². The third-order valence-electron chi connectivity index (χ3n) is 1.84. The molecule has 0 saturated carbocycles.